The number of para-hydroxylation sites is 1. The Bertz CT molecular complexity index is 1620. The van der Waals surface area contributed by atoms with Crippen LogP contribution in [0.5, 0.6) is 0 Å². The molecule has 4 atom stereocenters. The van der Waals surface area contributed by atoms with Gasteiger partial charge in [-0.2, -0.15) is 0 Å². The first-order chi connectivity index (χ1) is 24.5. The summed E-state index contributed by atoms with van der Waals surface area (Å²) in [7, 11) is 0. The zero-order valence-electron chi connectivity index (χ0n) is 31.8. The molecule has 0 aliphatic carbocycles. The molecule has 1 heterocycles. The summed E-state index contributed by atoms with van der Waals surface area (Å²) in [5.74, 6) is -4.97. The summed E-state index contributed by atoms with van der Waals surface area (Å²) in [6.07, 6.45) is 0.330. The van der Waals surface area contributed by atoms with Gasteiger partial charge in [-0.05, 0) is 78.4 Å². The van der Waals surface area contributed by atoms with E-state index in [1.165, 1.54) is 0 Å². The van der Waals surface area contributed by atoms with Crippen LogP contribution in [0.2, 0.25) is 0 Å². The molecule has 10 N–H and O–H groups in total. The number of ether oxygens (including phenoxy) is 2. The highest BCUT2D eigenvalue weighted by atomic mass is 16.6. The first kappa shape index (κ1) is 43.8. The van der Waals surface area contributed by atoms with Crippen LogP contribution in [-0.4, -0.2) is 93.7 Å². The van der Waals surface area contributed by atoms with Crippen LogP contribution in [-0.2, 0) is 39.9 Å². The van der Waals surface area contributed by atoms with Gasteiger partial charge in [-0.3, -0.25) is 24.2 Å². The summed E-state index contributed by atoms with van der Waals surface area (Å²) < 4.78 is 10.9. The van der Waals surface area contributed by atoms with Gasteiger partial charge in [0.1, 0.15) is 35.4 Å². The number of carbonyl (C=O) groups is 6. The lowest BCUT2D eigenvalue weighted by molar-refractivity contribution is -0.159. The number of carboxylic acid groups (broad SMARTS) is 1. The van der Waals surface area contributed by atoms with Crippen LogP contribution in [0.15, 0.2) is 35.5 Å². The maximum Gasteiger partial charge on any atom is 0.408 e. The molecular formula is C36H56N8O9. The van der Waals surface area contributed by atoms with Crippen molar-refractivity contribution in [2.75, 3.05) is 6.54 Å². The highest BCUT2D eigenvalue weighted by Gasteiger charge is 2.34. The SMILES string of the molecule is CC(C)C[C@H](NC(=O)[C@H](CC(=O)O)NC(=O)[C@H](CCCN=C(N)N)NC(=O)[C@H](Cc1c[nH]c2ccccc12)NC(=O)OC(C)(C)C)C(=O)OC(C)(C)C. The average molecular weight is 745 g/mol. The van der Waals surface area contributed by atoms with E-state index in [0.717, 1.165) is 10.9 Å². The largest absolute Gasteiger partial charge is 0.481 e. The minimum absolute atomic E-state index is 0.00335. The van der Waals surface area contributed by atoms with E-state index in [4.69, 9.17) is 20.9 Å². The molecular weight excluding hydrogens is 688 g/mol. The summed E-state index contributed by atoms with van der Waals surface area (Å²) in [6.45, 7) is 13.8. The molecule has 2 rings (SSSR count). The number of aliphatic carboxylic acids is 1. The van der Waals surface area contributed by atoms with Crippen molar-refractivity contribution in [1.82, 2.24) is 26.3 Å². The minimum atomic E-state index is -1.64. The Morgan fingerprint density at radius 3 is 1.96 bits per heavy atom. The van der Waals surface area contributed by atoms with E-state index in [1.54, 1.807) is 47.7 Å². The van der Waals surface area contributed by atoms with E-state index in [2.05, 4.69) is 31.2 Å². The van der Waals surface area contributed by atoms with E-state index < -0.39 is 77.5 Å². The first-order valence-corrected chi connectivity index (χ1v) is 17.5. The molecule has 1 aromatic heterocycles. The molecule has 17 nitrogen and oxygen atoms in total. The van der Waals surface area contributed by atoms with E-state index in [0.29, 0.717) is 5.56 Å². The predicted octanol–water partition coefficient (Wildman–Crippen LogP) is 1.97. The number of guanidine groups is 1. The van der Waals surface area contributed by atoms with E-state index in [1.807, 2.05) is 38.1 Å². The smallest absolute Gasteiger partial charge is 0.408 e. The zero-order valence-corrected chi connectivity index (χ0v) is 31.8. The number of nitrogens with zero attached hydrogens (tertiary/aromatic N) is 1. The summed E-state index contributed by atoms with van der Waals surface area (Å²) in [5.41, 5.74) is 10.7. The highest BCUT2D eigenvalue weighted by molar-refractivity contribution is 5.96. The second kappa shape index (κ2) is 19.5. The van der Waals surface area contributed by atoms with Crippen molar-refractivity contribution in [3.8, 4) is 0 Å². The molecule has 53 heavy (non-hydrogen) atoms. The molecule has 2 aromatic rings. The van der Waals surface area contributed by atoms with Crippen LogP contribution >= 0.6 is 0 Å². The van der Waals surface area contributed by atoms with E-state index in [9.17, 15) is 33.9 Å². The second-order valence-electron chi connectivity index (χ2n) is 15.2. The number of nitrogens with one attached hydrogen (secondary N) is 5. The van der Waals surface area contributed by atoms with Gasteiger partial charge in [0.25, 0.3) is 0 Å². The zero-order chi connectivity index (χ0) is 40.1. The van der Waals surface area contributed by atoms with Crippen LogP contribution in [0.3, 0.4) is 0 Å². The Morgan fingerprint density at radius 1 is 0.811 bits per heavy atom. The van der Waals surface area contributed by atoms with Crippen LogP contribution in [0, 0.1) is 5.92 Å². The van der Waals surface area contributed by atoms with Gasteiger partial charge in [0.05, 0.1) is 6.42 Å². The third-order valence-corrected chi connectivity index (χ3v) is 7.41. The number of H-pyrrole nitrogens is 1. The number of esters is 1. The van der Waals surface area contributed by atoms with Crippen molar-refractivity contribution in [1.29, 1.82) is 0 Å². The molecule has 0 unspecified atom stereocenters. The Labute approximate surface area is 309 Å². The maximum absolute atomic E-state index is 13.9. The van der Waals surface area contributed by atoms with Crippen molar-refractivity contribution in [3.63, 3.8) is 0 Å². The number of fused-ring (bicyclic) bond motifs is 1. The topological polar surface area (TPSA) is 269 Å². The Hall–Kier alpha value is -5.35. The van der Waals surface area contributed by atoms with Crippen LogP contribution in [0.1, 0.15) is 86.6 Å². The summed E-state index contributed by atoms with van der Waals surface area (Å²) in [5, 5.41) is 20.7. The normalized spacial score (nSPS) is 13.9. The molecule has 0 radical (unpaired) electrons. The van der Waals surface area contributed by atoms with Gasteiger partial charge in [0.15, 0.2) is 5.96 Å². The van der Waals surface area contributed by atoms with E-state index in [-0.39, 0.29) is 44.1 Å². The van der Waals surface area contributed by atoms with Crippen molar-refractivity contribution in [3.05, 3.63) is 36.0 Å². The lowest BCUT2D eigenvalue weighted by atomic mass is 10.0. The number of benzene rings is 1. The number of nitrogens with two attached hydrogens (primary N) is 2. The molecule has 0 bridgehead atoms. The predicted molar refractivity (Wildman–Crippen MR) is 198 cm³/mol. The number of hydrogen-bond acceptors (Lipinski definition) is 9. The lowest BCUT2D eigenvalue weighted by Gasteiger charge is -2.28. The fourth-order valence-corrected chi connectivity index (χ4v) is 5.21. The van der Waals surface area contributed by atoms with Crippen molar-refractivity contribution in [2.24, 2.45) is 22.4 Å². The standard InChI is InChI=1S/C36H56N8O9/c1-20(2)16-27(32(50)52-35(3,4)5)43-31(49)26(18-28(45)46)42-29(47)24(14-11-15-39-33(37)38)41-30(48)25(44-34(51)53-36(6,7)8)17-21-19-40-23-13-10-9-12-22(21)23/h9-10,12-13,19-20,24-27,40H,11,14-18H2,1-8H3,(H,41,48)(H,42,47)(H,43,49)(H,44,51)(H,45,46)(H4,37,38,39)/t24-,25-,26-,27-/m0/s1. The molecule has 0 aliphatic heterocycles. The van der Waals surface area contributed by atoms with Gasteiger partial charge in [0, 0.05) is 30.1 Å². The van der Waals surface area contributed by atoms with Crippen molar-refractivity contribution < 1.29 is 43.3 Å². The van der Waals surface area contributed by atoms with Gasteiger partial charge in [-0.1, -0.05) is 32.0 Å². The van der Waals surface area contributed by atoms with Gasteiger partial charge in [-0.15, -0.1) is 0 Å². The fourth-order valence-electron chi connectivity index (χ4n) is 5.21. The Kier molecular flexibility index (Phi) is 16.1. The molecule has 294 valence electrons. The number of aromatic nitrogens is 1. The maximum atomic E-state index is 13.9. The Morgan fingerprint density at radius 2 is 1.38 bits per heavy atom. The molecule has 17 heteroatoms. The van der Waals surface area contributed by atoms with Crippen LogP contribution in [0.4, 0.5) is 4.79 Å². The molecule has 0 aliphatic rings. The number of aliphatic imine (C=N–C) groups is 1. The quantitative estimate of drug-likeness (QED) is 0.0473. The number of hydrogen-bond donors (Lipinski definition) is 8. The minimum Gasteiger partial charge on any atom is -0.481 e. The lowest BCUT2D eigenvalue weighted by Crippen LogP contribution is -2.58. The summed E-state index contributed by atoms with van der Waals surface area (Å²) in [6, 6.07) is 2.03. The van der Waals surface area contributed by atoms with Gasteiger partial charge in [-0.25, -0.2) is 9.59 Å². The fraction of sp³-hybridized carbons (Fsp3) is 0.583. The summed E-state index contributed by atoms with van der Waals surface area (Å²) in [4.78, 5) is 86.0. The van der Waals surface area contributed by atoms with Gasteiger partial charge < -0.3 is 52.3 Å². The first-order valence-electron chi connectivity index (χ1n) is 17.5. The Balaban J connectivity index is 2.41. The molecule has 0 saturated carbocycles. The van der Waals surface area contributed by atoms with Gasteiger partial charge in [0.2, 0.25) is 17.7 Å². The number of carbonyl (C=O) groups excluding carboxylic acids is 5. The van der Waals surface area contributed by atoms with Crippen LogP contribution in [0.25, 0.3) is 10.9 Å². The molecule has 0 spiro atoms. The summed E-state index contributed by atoms with van der Waals surface area (Å²) >= 11 is 0. The third-order valence-electron chi connectivity index (χ3n) is 7.41. The number of rotatable bonds is 18. The number of amides is 4. The molecule has 0 saturated heterocycles. The van der Waals surface area contributed by atoms with Crippen molar-refractivity contribution >= 4 is 52.6 Å². The van der Waals surface area contributed by atoms with E-state index >= 15 is 0 Å². The van der Waals surface area contributed by atoms with Crippen molar-refractivity contribution in [2.45, 2.75) is 123 Å². The van der Waals surface area contributed by atoms with Crippen LogP contribution < -0.4 is 32.7 Å². The molecule has 4 amide bonds. The number of aromatic amines is 1. The monoisotopic (exact) mass is 744 g/mol. The number of alkyl carbamates (subject to hydrolysis) is 1. The second-order valence-corrected chi connectivity index (χ2v) is 15.2. The molecule has 1 aromatic carbocycles. The molecule has 0 fully saturated rings. The average Bonchev–Trinajstić information content (AvgIpc) is 3.41. The third kappa shape index (κ3) is 16.3. The highest BCUT2D eigenvalue weighted by Crippen LogP contribution is 2.20. The number of carboxylic acids is 1. The van der Waals surface area contributed by atoms with Gasteiger partial charge >= 0.3 is 18.0 Å².